The molecule has 1 fully saturated rings. The van der Waals surface area contributed by atoms with E-state index in [-0.39, 0.29) is 17.0 Å². The molecule has 0 unspecified atom stereocenters. The SMILES string of the molecule is O=C(O)c1ccccc1C(=O)NCCN1CC[NH2+]CC1. The minimum Gasteiger partial charge on any atom is -0.478 e. The summed E-state index contributed by atoms with van der Waals surface area (Å²) in [6.45, 7) is 5.58. The van der Waals surface area contributed by atoms with Gasteiger partial charge in [-0.1, -0.05) is 12.1 Å². The van der Waals surface area contributed by atoms with Gasteiger partial charge < -0.3 is 15.7 Å². The molecule has 0 radical (unpaired) electrons. The Bertz CT molecular complexity index is 484. The van der Waals surface area contributed by atoms with Crippen molar-refractivity contribution >= 4 is 11.9 Å². The summed E-state index contributed by atoms with van der Waals surface area (Å²) in [5.41, 5.74) is 0.254. The van der Waals surface area contributed by atoms with Crippen LogP contribution in [0.4, 0.5) is 0 Å². The zero-order chi connectivity index (χ0) is 14.4. The highest BCUT2D eigenvalue weighted by atomic mass is 16.4. The molecule has 0 saturated carbocycles. The molecule has 108 valence electrons. The molecule has 0 atom stereocenters. The van der Waals surface area contributed by atoms with Crippen molar-refractivity contribution in [3.63, 3.8) is 0 Å². The second-order valence-electron chi connectivity index (χ2n) is 4.81. The predicted octanol–water partition coefficient (Wildman–Crippen LogP) is -1.01. The van der Waals surface area contributed by atoms with E-state index in [1.54, 1.807) is 12.1 Å². The van der Waals surface area contributed by atoms with Crippen LogP contribution >= 0.6 is 0 Å². The van der Waals surface area contributed by atoms with Crippen molar-refractivity contribution < 1.29 is 20.0 Å². The van der Waals surface area contributed by atoms with Gasteiger partial charge in [0.15, 0.2) is 0 Å². The molecule has 1 aliphatic heterocycles. The van der Waals surface area contributed by atoms with Crippen LogP contribution < -0.4 is 10.6 Å². The van der Waals surface area contributed by atoms with E-state index in [1.165, 1.54) is 12.1 Å². The lowest BCUT2D eigenvalue weighted by atomic mass is 10.1. The van der Waals surface area contributed by atoms with Crippen molar-refractivity contribution in [2.24, 2.45) is 0 Å². The molecule has 1 heterocycles. The summed E-state index contributed by atoms with van der Waals surface area (Å²) in [6, 6.07) is 6.26. The van der Waals surface area contributed by atoms with Gasteiger partial charge in [-0.2, -0.15) is 0 Å². The number of piperazine rings is 1. The highest BCUT2D eigenvalue weighted by Gasteiger charge is 2.16. The molecule has 0 bridgehead atoms. The van der Waals surface area contributed by atoms with Gasteiger partial charge in [0, 0.05) is 26.2 Å². The number of nitrogens with two attached hydrogens (primary N) is 1. The van der Waals surface area contributed by atoms with E-state index in [9.17, 15) is 9.59 Å². The largest absolute Gasteiger partial charge is 0.478 e. The number of carboxylic acid groups (broad SMARTS) is 1. The van der Waals surface area contributed by atoms with Crippen LogP contribution in [0.5, 0.6) is 0 Å². The lowest BCUT2D eigenvalue weighted by Crippen LogP contribution is -2.89. The van der Waals surface area contributed by atoms with E-state index in [0.717, 1.165) is 32.7 Å². The first-order chi connectivity index (χ1) is 9.68. The Morgan fingerprint density at radius 2 is 1.85 bits per heavy atom. The Balaban J connectivity index is 1.87. The Labute approximate surface area is 117 Å². The van der Waals surface area contributed by atoms with Crippen LogP contribution in [0.15, 0.2) is 24.3 Å². The smallest absolute Gasteiger partial charge is 0.336 e. The number of nitrogens with one attached hydrogen (secondary N) is 1. The average Bonchev–Trinajstić information content (AvgIpc) is 2.48. The topological polar surface area (TPSA) is 86.2 Å². The van der Waals surface area contributed by atoms with E-state index in [1.807, 2.05) is 0 Å². The van der Waals surface area contributed by atoms with Crippen LogP contribution in [0.1, 0.15) is 20.7 Å². The fourth-order valence-electron chi connectivity index (χ4n) is 2.32. The number of rotatable bonds is 5. The normalized spacial score (nSPS) is 15.8. The number of amides is 1. The van der Waals surface area contributed by atoms with E-state index in [4.69, 9.17) is 5.11 Å². The van der Waals surface area contributed by atoms with Gasteiger partial charge in [0.2, 0.25) is 0 Å². The molecular formula is C14H20N3O3+. The number of benzene rings is 1. The van der Waals surface area contributed by atoms with Gasteiger partial charge in [0.25, 0.3) is 5.91 Å². The molecule has 1 amide bonds. The third kappa shape index (κ3) is 3.79. The number of hydrogen-bond acceptors (Lipinski definition) is 3. The maximum absolute atomic E-state index is 12.0. The average molecular weight is 278 g/mol. The molecule has 1 aromatic carbocycles. The number of carboxylic acids is 1. The molecule has 1 aliphatic rings. The first kappa shape index (κ1) is 14.5. The second kappa shape index (κ2) is 7.02. The Morgan fingerprint density at radius 3 is 2.50 bits per heavy atom. The fourth-order valence-corrected chi connectivity index (χ4v) is 2.32. The van der Waals surface area contributed by atoms with E-state index in [0.29, 0.717) is 6.54 Å². The van der Waals surface area contributed by atoms with Crippen molar-refractivity contribution in [3.05, 3.63) is 35.4 Å². The lowest BCUT2D eigenvalue weighted by Gasteiger charge is -2.24. The van der Waals surface area contributed by atoms with Crippen LogP contribution in [0, 0.1) is 0 Å². The van der Waals surface area contributed by atoms with Crippen LogP contribution in [-0.2, 0) is 0 Å². The summed E-state index contributed by atoms with van der Waals surface area (Å²) >= 11 is 0. The third-order valence-corrected chi connectivity index (χ3v) is 3.41. The minimum absolute atomic E-state index is 0.0394. The summed E-state index contributed by atoms with van der Waals surface area (Å²) in [5.74, 6) is -1.41. The van der Waals surface area contributed by atoms with Crippen LogP contribution in [-0.4, -0.2) is 61.2 Å². The van der Waals surface area contributed by atoms with Crippen LogP contribution in [0.25, 0.3) is 0 Å². The van der Waals surface area contributed by atoms with Crippen molar-refractivity contribution in [1.29, 1.82) is 0 Å². The zero-order valence-electron chi connectivity index (χ0n) is 11.3. The van der Waals surface area contributed by atoms with E-state index < -0.39 is 5.97 Å². The monoisotopic (exact) mass is 278 g/mol. The quantitative estimate of drug-likeness (QED) is 0.644. The summed E-state index contributed by atoms with van der Waals surface area (Å²) < 4.78 is 0. The fraction of sp³-hybridized carbons (Fsp3) is 0.429. The first-order valence-corrected chi connectivity index (χ1v) is 6.83. The van der Waals surface area contributed by atoms with Crippen molar-refractivity contribution in [2.45, 2.75) is 0 Å². The zero-order valence-corrected chi connectivity index (χ0v) is 11.3. The Hall–Kier alpha value is -1.92. The van der Waals surface area contributed by atoms with Gasteiger partial charge in [0.05, 0.1) is 24.2 Å². The van der Waals surface area contributed by atoms with E-state index in [2.05, 4.69) is 15.5 Å². The second-order valence-corrected chi connectivity index (χ2v) is 4.81. The number of carbonyl (C=O) groups is 2. The van der Waals surface area contributed by atoms with Crippen molar-refractivity contribution in [1.82, 2.24) is 10.2 Å². The van der Waals surface area contributed by atoms with E-state index >= 15 is 0 Å². The molecule has 6 heteroatoms. The highest BCUT2D eigenvalue weighted by Crippen LogP contribution is 2.08. The summed E-state index contributed by atoms with van der Waals surface area (Å²) in [5, 5.41) is 14.1. The van der Waals surface area contributed by atoms with Crippen LogP contribution in [0.3, 0.4) is 0 Å². The number of carbonyl (C=O) groups excluding carboxylic acids is 1. The molecule has 1 saturated heterocycles. The maximum atomic E-state index is 12.0. The van der Waals surface area contributed by atoms with Gasteiger partial charge in [-0.15, -0.1) is 0 Å². The summed E-state index contributed by atoms with van der Waals surface area (Å²) in [4.78, 5) is 25.4. The molecule has 1 aromatic rings. The molecule has 0 aromatic heterocycles. The van der Waals surface area contributed by atoms with Gasteiger partial charge in [0.1, 0.15) is 0 Å². The molecule has 4 N–H and O–H groups in total. The first-order valence-electron chi connectivity index (χ1n) is 6.83. The summed E-state index contributed by atoms with van der Waals surface area (Å²) in [6.07, 6.45) is 0. The van der Waals surface area contributed by atoms with Crippen molar-refractivity contribution in [3.8, 4) is 0 Å². The number of nitrogens with zero attached hydrogens (tertiary/aromatic N) is 1. The van der Waals surface area contributed by atoms with Gasteiger partial charge >= 0.3 is 5.97 Å². The highest BCUT2D eigenvalue weighted by molar-refractivity contribution is 6.04. The number of quaternary nitrogens is 1. The van der Waals surface area contributed by atoms with Crippen LogP contribution in [0.2, 0.25) is 0 Å². The van der Waals surface area contributed by atoms with Gasteiger partial charge in [-0.25, -0.2) is 4.79 Å². The van der Waals surface area contributed by atoms with Crippen molar-refractivity contribution in [2.75, 3.05) is 39.3 Å². The molecule has 0 spiro atoms. The molecule has 20 heavy (non-hydrogen) atoms. The number of hydrogen-bond donors (Lipinski definition) is 3. The lowest BCUT2D eigenvalue weighted by molar-refractivity contribution is -0.663. The number of aromatic carboxylic acids is 1. The standard InChI is InChI=1S/C14H19N3O3/c18-13(11-3-1-2-4-12(11)14(19)20)16-7-10-17-8-5-15-6-9-17/h1-4,15H,5-10H2,(H,16,18)(H,19,20)/p+1. The molecular weight excluding hydrogens is 258 g/mol. The summed E-state index contributed by atoms with van der Waals surface area (Å²) in [7, 11) is 0. The molecule has 2 rings (SSSR count). The Morgan fingerprint density at radius 1 is 1.20 bits per heavy atom. The maximum Gasteiger partial charge on any atom is 0.336 e. The molecule has 6 nitrogen and oxygen atoms in total. The van der Waals surface area contributed by atoms with Gasteiger partial charge in [-0.3, -0.25) is 9.69 Å². The van der Waals surface area contributed by atoms with Gasteiger partial charge in [-0.05, 0) is 12.1 Å². The molecule has 0 aliphatic carbocycles. The predicted molar refractivity (Wildman–Crippen MR) is 73.8 cm³/mol. The Kier molecular flexibility index (Phi) is 5.09. The minimum atomic E-state index is -1.08. The third-order valence-electron chi connectivity index (χ3n) is 3.41.